The molecule has 246 valence electrons. The summed E-state index contributed by atoms with van der Waals surface area (Å²) in [6.45, 7) is 12.5. The first-order valence-electron chi connectivity index (χ1n) is 16.5. The Morgan fingerprint density at radius 3 is 2.78 bits per heavy atom. The van der Waals surface area contributed by atoms with Crippen LogP contribution in [0.15, 0.2) is 30.0 Å². The number of amides is 3. The number of nitrogens with one attached hydrogen (secondary N) is 3. The molecule has 4 bridgehead atoms. The quantitative estimate of drug-likeness (QED) is 0.382. The Hall–Kier alpha value is -3.33. The van der Waals surface area contributed by atoms with Crippen molar-refractivity contribution in [2.24, 2.45) is 5.92 Å². The molecule has 1 aromatic rings. The Balaban J connectivity index is 1.49. The third-order valence-electron chi connectivity index (χ3n) is 9.32. The predicted molar refractivity (Wildman–Crippen MR) is 171 cm³/mol. The first-order valence-corrected chi connectivity index (χ1v) is 16.5. The number of rotatable bonds is 2. The van der Waals surface area contributed by atoms with E-state index >= 15 is 0 Å². The van der Waals surface area contributed by atoms with Crippen LogP contribution >= 0.6 is 0 Å². The molecule has 5 atom stereocenters. The lowest BCUT2D eigenvalue weighted by molar-refractivity contribution is -0.153. The van der Waals surface area contributed by atoms with Crippen LogP contribution in [0.3, 0.4) is 0 Å². The summed E-state index contributed by atoms with van der Waals surface area (Å²) in [4.78, 5) is 42.4. The number of nitrogens with zero attached hydrogens (tertiary/aromatic N) is 1. The van der Waals surface area contributed by atoms with Crippen LogP contribution in [-0.2, 0) is 19.1 Å². The molecule has 0 radical (unpaired) electrons. The van der Waals surface area contributed by atoms with E-state index < -0.39 is 29.1 Å². The molecule has 5 aliphatic rings. The third-order valence-corrected chi connectivity index (χ3v) is 9.32. The van der Waals surface area contributed by atoms with E-state index in [2.05, 4.69) is 34.7 Å². The smallest absolute Gasteiger partial charge is 0.410 e. The van der Waals surface area contributed by atoms with E-state index in [4.69, 9.17) is 14.2 Å². The van der Waals surface area contributed by atoms with Crippen LogP contribution in [0.1, 0.15) is 110 Å². The van der Waals surface area contributed by atoms with Crippen molar-refractivity contribution in [2.45, 2.75) is 128 Å². The van der Waals surface area contributed by atoms with Gasteiger partial charge in [-0.15, -0.1) is 5.73 Å². The fourth-order valence-corrected chi connectivity index (χ4v) is 7.09. The Morgan fingerprint density at radius 1 is 1.22 bits per heavy atom. The highest BCUT2D eigenvalue weighted by atomic mass is 16.6. The van der Waals surface area contributed by atoms with E-state index in [0.717, 1.165) is 16.9 Å². The van der Waals surface area contributed by atoms with Crippen LogP contribution in [0, 0.1) is 5.92 Å². The van der Waals surface area contributed by atoms with Gasteiger partial charge in [0.1, 0.15) is 17.0 Å². The Kier molecular flexibility index (Phi) is 9.68. The SMILES string of the molecule is CC[C@@]12CCC=C=Cc3ccc4c(c3)[C@H](CC(C)(C)O4)NC(=O)CCC3COCCC3N(C(=O)C1)C(NC(=O)OC(C)(C)C)N2. The second-order valence-electron chi connectivity index (χ2n) is 14.6. The Labute approximate surface area is 267 Å². The van der Waals surface area contributed by atoms with Gasteiger partial charge in [0.05, 0.1) is 12.6 Å². The average Bonchev–Trinajstić information content (AvgIpc) is 2.94. The lowest BCUT2D eigenvalue weighted by Crippen LogP contribution is -2.73. The minimum absolute atomic E-state index is 0.0246. The maximum atomic E-state index is 14.1. The van der Waals surface area contributed by atoms with Gasteiger partial charge < -0.3 is 24.4 Å². The highest BCUT2D eigenvalue weighted by molar-refractivity contribution is 5.80. The summed E-state index contributed by atoms with van der Waals surface area (Å²) in [6, 6.07) is 5.65. The van der Waals surface area contributed by atoms with E-state index in [1.54, 1.807) is 4.90 Å². The zero-order valence-electron chi connectivity index (χ0n) is 27.7. The van der Waals surface area contributed by atoms with Crippen LogP contribution in [0.2, 0.25) is 0 Å². The minimum atomic E-state index is -0.758. The molecule has 3 N–H and O–H groups in total. The molecule has 0 aromatic heterocycles. The zero-order chi connectivity index (χ0) is 32.4. The number of ether oxygens (including phenoxy) is 3. The number of fused-ring (bicyclic) bond motifs is 7. The fraction of sp³-hybridized carbons (Fsp3) is 0.657. The molecule has 2 saturated heterocycles. The van der Waals surface area contributed by atoms with E-state index in [0.29, 0.717) is 64.6 Å². The van der Waals surface area contributed by atoms with Crippen molar-refractivity contribution in [3.8, 4) is 5.75 Å². The van der Waals surface area contributed by atoms with Crippen LogP contribution in [0.4, 0.5) is 4.79 Å². The summed E-state index contributed by atoms with van der Waals surface area (Å²) in [5.74, 6) is 0.630. The molecule has 5 aliphatic heterocycles. The van der Waals surface area contributed by atoms with Gasteiger partial charge in [0.25, 0.3) is 0 Å². The first-order chi connectivity index (χ1) is 21.3. The van der Waals surface area contributed by atoms with Crippen molar-refractivity contribution in [3.05, 3.63) is 41.1 Å². The highest BCUT2D eigenvalue weighted by Gasteiger charge is 2.47. The maximum Gasteiger partial charge on any atom is 0.410 e. The summed E-state index contributed by atoms with van der Waals surface area (Å²) in [6.07, 6.45) is 7.09. The summed E-state index contributed by atoms with van der Waals surface area (Å²) < 4.78 is 17.8. The lowest BCUT2D eigenvalue weighted by atomic mass is 9.82. The molecular weight excluding hydrogens is 572 g/mol. The Morgan fingerprint density at radius 2 is 2.02 bits per heavy atom. The Bertz CT molecular complexity index is 1350. The molecule has 3 unspecified atom stereocenters. The molecule has 10 heteroatoms. The highest BCUT2D eigenvalue weighted by Crippen LogP contribution is 2.40. The van der Waals surface area contributed by atoms with Gasteiger partial charge in [-0.3, -0.25) is 20.2 Å². The van der Waals surface area contributed by atoms with Gasteiger partial charge in [-0.2, -0.15) is 0 Å². The van der Waals surface area contributed by atoms with Crippen molar-refractivity contribution in [2.75, 3.05) is 13.2 Å². The molecule has 6 rings (SSSR count). The van der Waals surface area contributed by atoms with E-state index in [1.807, 2.05) is 58.9 Å². The van der Waals surface area contributed by atoms with Crippen molar-refractivity contribution >= 4 is 24.0 Å². The van der Waals surface area contributed by atoms with Crippen molar-refractivity contribution in [3.63, 3.8) is 0 Å². The molecule has 3 amide bonds. The van der Waals surface area contributed by atoms with E-state index in [9.17, 15) is 14.4 Å². The standard InChI is InChI=1S/C35H50N4O6/c1-7-35-17-10-8-9-11-23-12-14-28-25(19-23)26(20-34(5,6)44-28)36-29(40)15-13-24-22-43-18-16-27(24)39(30(41)21-35)31(38-35)37-32(42)45-33(2,3)4/h8,11-12,14,19,24,26-27,31,38H,7,10,13,15-18,20-22H2,1-6H3,(H,36,40)(H,37,42)/t9?,24?,26-,27?,31?,35+/m0/s1. The normalized spacial score (nSPS) is 30.2. The van der Waals surface area contributed by atoms with Gasteiger partial charge >= 0.3 is 6.09 Å². The van der Waals surface area contributed by atoms with Crippen LogP contribution in [0.5, 0.6) is 5.75 Å². The topological polar surface area (TPSA) is 118 Å². The van der Waals surface area contributed by atoms with E-state index in [-0.39, 0.29) is 29.8 Å². The van der Waals surface area contributed by atoms with Crippen LogP contribution in [0.25, 0.3) is 6.08 Å². The van der Waals surface area contributed by atoms with Gasteiger partial charge in [0, 0.05) is 48.9 Å². The maximum absolute atomic E-state index is 14.1. The largest absolute Gasteiger partial charge is 0.487 e. The number of carbonyl (C=O) groups is 3. The van der Waals surface area contributed by atoms with Gasteiger partial charge in [0.2, 0.25) is 11.8 Å². The van der Waals surface area contributed by atoms with Crippen LogP contribution < -0.4 is 20.7 Å². The van der Waals surface area contributed by atoms with Gasteiger partial charge in [0.15, 0.2) is 6.29 Å². The number of alkyl carbamates (subject to hydrolysis) is 1. The number of benzene rings is 1. The van der Waals surface area contributed by atoms with Gasteiger partial charge in [-0.25, -0.2) is 4.79 Å². The summed E-state index contributed by atoms with van der Waals surface area (Å²) in [7, 11) is 0. The van der Waals surface area contributed by atoms with Crippen molar-refractivity contribution in [1.82, 2.24) is 20.9 Å². The molecule has 0 spiro atoms. The number of allylic oxidation sites excluding steroid dienone is 1. The average molecular weight is 623 g/mol. The second kappa shape index (κ2) is 13.2. The van der Waals surface area contributed by atoms with Gasteiger partial charge in [-0.05, 0) is 96.6 Å². The second-order valence-corrected chi connectivity index (χ2v) is 14.6. The molecule has 0 aliphatic carbocycles. The predicted octanol–water partition coefficient (Wildman–Crippen LogP) is 5.33. The molecule has 5 heterocycles. The van der Waals surface area contributed by atoms with Crippen molar-refractivity contribution in [1.29, 1.82) is 0 Å². The summed E-state index contributed by atoms with van der Waals surface area (Å²) >= 11 is 0. The molecule has 10 nitrogen and oxygen atoms in total. The summed E-state index contributed by atoms with van der Waals surface area (Å²) in [5, 5.41) is 9.91. The monoisotopic (exact) mass is 622 g/mol. The summed E-state index contributed by atoms with van der Waals surface area (Å²) in [5.41, 5.74) is 3.62. The van der Waals surface area contributed by atoms with Crippen LogP contribution in [-0.4, -0.2) is 65.1 Å². The molecule has 45 heavy (non-hydrogen) atoms. The molecule has 0 saturated carbocycles. The number of carbonyl (C=O) groups excluding carboxylic acids is 3. The molecule has 1 aromatic carbocycles. The zero-order valence-corrected chi connectivity index (χ0v) is 27.7. The third kappa shape index (κ3) is 8.10. The fourth-order valence-electron chi connectivity index (χ4n) is 7.09. The lowest BCUT2D eigenvalue weighted by Gasteiger charge is -2.52. The number of hydrogen-bond acceptors (Lipinski definition) is 7. The van der Waals surface area contributed by atoms with Gasteiger partial charge in [-0.1, -0.05) is 13.0 Å². The molecular formula is C35H50N4O6. The molecule has 2 fully saturated rings. The van der Waals surface area contributed by atoms with Crippen molar-refractivity contribution < 1.29 is 28.6 Å². The first kappa shape index (κ1) is 33.0. The van der Waals surface area contributed by atoms with E-state index in [1.165, 1.54) is 0 Å². The minimum Gasteiger partial charge on any atom is -0.487 e. The number of hydrogen-bond donors (Lipinski definition) is 3.